The van der Waals surface area contributed by atoms with Crippen molar-refractivity contribution >= 4 is 28.4 Å². The maximum Gasteiger partial charge on any atom is 0.106 e. The molecule has 0 fully saturated rings. The van der Waals surface area contributed by atoms with E-state index in [1.807, 2.05) is 0 Å². The van der Waals surface area contributed by atoms with Gasteiger partial charge < -0.3 is 5.73 Å². The summed E-state index contributed by atoms with van der Waals surface area (Å²) >= 11 is 6.81. The molecule has 2 atom stereocenters. The van der Waals surface area contributed by atoms with Crippen molar-refractivity contribution in [2.45, 2.75) is 5.92 Å². The number of halogens is 1. The van der Waals surface area contributed by atoms with Crippen molar-refractivity contribution in [1.29, 1.82) is 15.9 Å². The first-order chi connectivity index (χ1) is 9.08. The number of nitrogens with zero attached hydrogens (tertiary/aromatic N) is 2. The summed E-state index contributed by atoms with van der Waals surface area (Å²) in [4.78, 5) is 0. The van der Waals surface area contributed by atoms with Crippen LogP contribution in [0.2, 0.25) is 5.02 Å². The van der Waals surface area contributed by atoms with E-state index in [4.69, 9.17) is 22.7 Å². The monoisotopic (exact) mass is 288 g/mol. The van der Waals surface area contributed by atoms with Gasteiger partial charge in [0.05, 0.1) is 27.8 Å². The van der Waals surface area contributed by atoms with E-state index in [0.29, 0.717) is 15.6 Å². The number of nitrogens with one attached hydrogen (secondary N) is 1. The van der Waals surface area contributed by atoms with E-state index in [-0.39, 0.29) is 5.04 Å². The van der Waals surface area contributed by atoms with Gasteiger partial charge in [-0.25, -0.2) is 0 Å². The van der Waals surface area contributed by atoms with Crippen LogP contribution >= 0.6 is 23.4 Å². The summed E-state index contributed by atoms with van der Waals surface area (Å²) in [5, 5.41) is 27.4. The number of thioether (sulfide) groups is 1. The van der Waals surface area contributed by atoms with E-state index in [9.17, 15) is 10.5 Å². The summed E-state index contributed by atoms with van der Waals surface area (Å²) in [5.74, 6) is -1.19. The lowest BCUT2D eigenvalue weighted by Gasteiger charge is -2.27. The molecule has 0 radical (unpaired) electrons. The second-order valence-corrected chi connectivity index (χ2v) is 5.51. The van der Waals surface area contributed by atoms with Gasteiger partial charge in [-0.1, -0.05) is 35.5 Å². The summed E-state index contributed by atoms with van der Waals surface area (Å²) in [6, 6.07) is 11.0. The van der Waals surface area contributed by atoms with Crippen LogP contribution in [-0.2, 0) is 0 Å². The van der Waals surface area contributed by atoms with E-state index >= 15 is 0 Å². The lowest BCUT2D eigenvalue weighted by Crippen LogP contribution is -2.26. The number of allylic oxidation sites excluding steroid dienone is 1. The summed E-state index contributed by atoms with van der Waals surface area (Å²) < 4.78 is 0. The van der Waals surface area contributed by atoms with Gasteiger partial charge in [-0.15, -0.1) is 0 Å². The lowest BCUT2D eigenvalue weighted by atomic mass is 9.82. The molecule has 0 aliphatic carbocycles. The molecule has 1 aromatic rings. The van der Waals surface area contributed by atoms with Crippen LogP contribution in [0.3, 0.4) is 0 Å². The number of nitriles is 2. The van der Waals surface area contributed by atoms with Crippen LogP contribution in [-0.4, -0.2) is 5.04 Å². The van der Waals surface area contributed by atoms with Gasteiger partial charge >= 0.3 is 0 Å². The van der Waals surface area contributed by atoms with Crippen molar-refractivity contribution in [3.8, 4) is 12.1 Å². The fraction of sp³-hybridized carbons (Fsp3) is 0.154. The zero-order valence-corrected chi connectivity index (χ0v) is 11.3. The summed E-state index contributed by atoms with van der Waals surface area (Å²) in [6.45, 7) is 0. The molecule has 0 amide bonds. The van der Waals surface area contributed by atoms with Gasteiger partial charge in [0, 0.05) is 10.9 Å². The second-order valence-electron chi connectivity index (χ2n) is 3.99. The van der Waals surface area contributed by atoms with Crippen LogP contribution in [0.1, 0.15) is 11.5 Å². The molecule has 4 nitrogen and oxygen atoms in total. The van der Waals surface area contributed by atoms with Crippen molar-refractivity contribution < 1.29 is 0 Å². The van der Waals surface area contributed by atoms with Crippen molar-refractivity contribution in [3.05, 3.63) is 45.5 Å². The maximum absolute atomic E-state index is 9.24. The molecule has 1 aromatic carbocycles. The Bertz CT molecular complexity index is 636. The van der Waals surface area contributed by atoms with E-state index in [1.54, 1.807) is 24.3 Å². The number of rotatable bonds is 1. The first-order valence-electron chi connectivity index (χ1n) is 5.39. The largest absolute Gasteiger partial charge is 0.392 e. The number of nitrogens with two attached hydrogens (primary N) is 1. The normalized spacial score (nSPS) is 22.8. The average Bonchev–Trinajstić information content (AvgIpc) is 2.39. The Balaban J connectivity index is 2.58. The van der Waals surface area contributed by atoms with Crippen LogP contribution in [0.15, 0.2) is 34.9 Å². The molecule has 0 bridgehead atoms. The highest BCUT2D eigenvalue weighted by atomic mass is 35.5. The smallest absolute Gasteiger partial charge is 0.106 e. The topological polar surface area (TPSA) is 97.4 Å². The highest BCUT2D eigenvalue weighted by Gasteiger charge is 2.36. The standard InChI is InChI=1S/C13H9ClN4S/c14-8-3-1-7(2-4-8)11-9(5-15)12(17)19-13(18)10(11)6-16/h1-4,9,11,17H,18H2/t9-,11+/m0/s1. The van der Waals surface area contributed by atoms with Gasteiger partial charge in [-0.2, -0.15) is 10.5 Å². The molecule has 6 heteroatoms. The first kappa shape index (κ1) is 13.5. The van der Waals surface area contributed by atoms with Gasteiger partial charge in [0.2, 0.25) is 0 Å². The third kappa shape index (κ3) is 2.44. The summed E-state index contributed by atoms with van der Waals surface area (Å²) in [7, 11) is 0. The van der Waals surface area contributed by atoms with Crippen molar-refractivity contribution in [2.24, 2.45) is 11.7 Å². The molecule has 0 unspecified atom stereocenters. The molecule has 1 heterocycles. The van der Waals surface area contributed by atoms with Crippen LogP contribution in [0, 0.1) is 34.0 Å². The minimum absolute atomic E-state index is 0.166. The molecule has 1 aliphatic heterocycles. The van der Waals surface area contributed by atoms with Crippen LogP contribution in [0.5, 0.6) is 0 Å². The van der Waals surface area contributed by atoms with Crippen molar-refractivity contribution in [2.75, 3.05) is 0 Å². The Morgan fingerprint density at radius 2 is 1.89 bits per heavy atom. The predicted octanol–water partition coefficient (Wildman–Crippen LogP) is 2.98. The minimum atomic E-state index is -0.687. The molecule has 19 heavy (non-hydrogen) atoms. The van der Waals surface area contributed by atoms with Gasteiger partial charge in [0.1, 0.15) is 5.92 Å². The molecule has 0 aromatic heterocycles. The van der Waals surface area contributed by atoms with Gasteiger partial charge in [-0.3, -0.25) is 5.41 Å². The Labute approximate surface area is 120 Å². The Kier molecular flexibility index (Phi) is 3.80. The molecule has 3 N–H and O–H groups in total. The SMILES string of the molecule is N#CC1=C(N)SC(=N)[C@@H](C#N)[C@H]1c1ccc(Cl)cc1. The minimum Gasteiger partial charge on any atom is -0.392 e. The number of hydrogen-bond acceptors (Lipinski definition) is 5. The Hall–Kier alpha value is -1.95. The molecule has 0 saturated heterocycles. The molecular formula is C13H9ClN4S. The van der Waals surface area contributed by atoms with E-state index in [0.717, 1.165) is 17.3 Å². The van der Waals surface area contributed by atoms with Crippen LogP contribution in [0.25, 0.3) is 0 Å². The molecule has 0 spiro atoms. The Morgan fingerprint density at radius 3 is 2.42 bits per heavy atom. The highest BCUT2D eigenvalue weighted by Crippen LogP contribution is 2.42. The lowest BCUT2D eigenvalue weighted by molar-refractivity contribution is 0.729. The zero-order chi connectivity index (χ0) is 14.0. The van der Waals surface area contributed by atoms with Crippen LogP contribution < -0.4 is 5.73 Å². The second kappa shape index (κ2) is 5.36. The first-order valence-corrected chi connectivity index (χ1v) is 6.59. The summed E-state index contributed by atoms with van der Waals surface area (Å²) in [5.41, 5.74) is 6.91. The van der Waals surface area contributed by atoms with Crippen LogP contribution in [0.4, 0.5) is 0 Å². The van der Waals surface area contributed by atoms with E-state index in [2.05, 4.69) is 12.1 Å². The predicted molar refractivity (Wildman–Crippen MR) is 75.4 cm³/mol. The van der Waals surface area contributed by atoms with E-state index in [1.165, 1.54) is 0 Å². The van der Waals surface area contributed by atoms with E-state index < -0.39 is 11.8 Å². The number of hydrogen-bond donors (Lipinski definition) is 2. The van der Waals surface area contributed by atoms with Crippen molar-refractivity contribution in [1.82, 2.24) is 0 Å². The third-order valence-corrected chi connectivity index (χ3v) is 4.07. The fourth-order valence-corrected chi connectivity index (χ4v) is 2.96. The van der Waals surface area contributed by atoms with Gasteiger partial charge in [0.25, 0.3) is 0 Å². The Morgan fingerprint density at radius 1 is 1.26 bits per heavy atom. The zero-order valence-electron chi connectivity index (χ0n) is 9.72. The van der Waals surface area contributed by atoms with Crippen molar-refractivity contribution in [3.63, 3.8) is 0 Å². The quantitative estimate of drug-likeness (QED) is 0.830. The molecule has 0 saturated carbocycles. The third-order valence-electron chi connectivity index (χ3n) is 2.90. The maximum atomic E-state index is 9.24. The average molecular weight is 289 g/mol. The highest BCUT2D eigenvalue weighted by molar-refractivity contribution is 8.17. The molecule has 2 rings (SSSR count). The van der Waals surface area contributed by atoms with Gasteiger partial charge in [-0.05, 0) is 17.7 Å². The van der Waals surface area contributed by atoms with Gasteiger partial charge in [0.15, 0.2) is 0 Å². The molecule has 1 aliphatic rings. The molecular weight excluding hydrogens is 280 g/mol. The number of benzene rings is 1. The fourth-order valence-electron chi connectivity index (χ4n) is 2.00. The molecule has 94 valence electrons. The summed E-state index contributed by atoms with van der Waals surface area (Å²) in [6.07, 6.45) is 0.